The average Bonchev–Trinajstić information content (AvgIpc) is 3.05. The van der Waals surface area contributed by atoms with E-state index in [9.17, 15) is 12.8 Å². The van der Waals surface area contributed by atoms with Crippen LogP contribution in [0.1, 0.15) is 16.1 Å². The largest absolute Gasteiger partial charge is 0.264 e. The van der Waals surface area contributed by atoms with Crippen molar-refractivity contribution >= 4 is 49.9 Å². The van der Waals surface area contributed by atoms with Crippen LogP contribution in [-0.2, 0) is 21.5 Å². The van der Waals surface area contributed by atoms with Crippen molar-refractivity contribution in [1.82, 2.24) is 10.2 Å². The second-order valence-electron chi connectivity index (χ2n) is 5.59. The zero-order valence-electron chi connectivity index (χ0n) is 14.1. The molecule has 0 unspecified atom stereocenters. The minimum atomic E-state index is -3.79. The van der Waals surface area contributed by atoms with E-state index in [2.05, 4.69) is 14.9 Å². The van der Waals surface area contributed by atoms with Gasteiger partial charge >= 0.3 is 0 Å². The fourth-order valence-electron chi connectivity index (χ4n) is 2.24. The van der Waals surface area contributed by atoms with Crippen LogP contribution < -0.4 is 4.72 Å². The van der Waals surface area contributed by atoms with E-state index in [-0.39, 0.29) is 15.8 Å². The van der Waals surface area contributed by atoms with Gasteiger partial charge in [-0.1, -0.05) is 41.1 Å². The molecular formula is C17H15ClFN3O2S3. The number of thioether (sulfide) groups is 1. The standard InChI is InChI=1S/C17H15ClFN3O2S3/c1-11-14(18)3-2-4-15(11)27(23,24)22-17-21-20-16(26-17)10-25-9-12-5-7-13(19)8-6-12/h2-8H,9-10H2,1H3,(H,21,22). The van der Waals surface area contributed by atoms with Crippen LogP contribution in [0.4, 0.5) is 9.52 Å². The van der Waals surface area contributed by atoms with Gasteiger partial charge in [-0.2, -0.15) is 0 Å². The maximum absolute atomic E-state index is 12.9. The monoisotopic (exact) mass is 443 g/mol. The van der Waals surface area contributed by atoms with Crippen molar-refractivity contribution in [2.75, 3.05) is 4.72 Å². The molecule has 0 atom stereocenters. The summed E-state index contributed by atoms with van der Waals surface area (Å²) in [6, 6.07) is 11.0. The molecule has 0 aliphatic carbocycles. The maximum Gasteiger partial charge on any atom is 0.264 e. The van der Waals surface area contributed by atoms with Gasteiger partial charge in [0.25, 0.3) is 10.0 Å². The summed E-state index contributed by atoms with van der Waals surface area (Å²) < 4.78 is 40.4. The highest BCUT2D eigenvalue weighted by Crippen LogP contribution is 2.27. The Morgan fingerprint density at radius 3 is 2.63 bits per heavy atom. The SMILES string of the molecule is Cc1c(Cl)cccc1S(=O)(=O)Nc1nnc(CSCc2ccc(F)cc2)s1. The van der Waals surface area contributed by atoms with Gasteiger partial charge in [0.05, 0.1) is 4.90 Å². The minimum absolute atomic E-state index is 0.109. The molecule has 0 saturated heterocycles. The van der Waals surface area contributed by atoms with Gasteiger partial charge in [0.1, 0.15) is 10.8 Å². The molecule has 1 heterocycles. The Kier molecular flexibility index (Phi) is 6.36. The van der Waals surface area contributed by atoms with Gasteiger partial charge in [-0.3, -0.25) is 4.72 Å². The Hall–Kier alpha value is -1.68. The van der Waals surface area contributed by atoms with Crippen LogP contribution in [0.2, 0.25) is 5.02 Å². The molecule has 0 aliphatic heterocycles. The number of anilines is 1. The Bertz CT molecular complexity index is 1040. The lowest BCUT2D eigenvalue weighted by Gasteiger charge is -2.08. The number of hydrogen-bond donors (Lipinski definition) is 1. The number of aromatic nitrogens is 2. The number of benzene rings is 2. The summed E-state index contributed by atoms with van der Waals surface area (Å²) in [6.45, 7) is 1.65. The Morgan fingerprint density at radius 2 is 1.89 bits per heavy atom. The van der Waals surface area contributed by atoms with Crippen LogP contribution in [0.15, 0.2) is 47.4 Å². The first kappa shape index (κ1) is 20.1. The Morgan fingerprint density at radius 1 is 1.15 bits per heavy atom. The van der Waals surface area contributed by atoms with Gasteiger partial charge in [-0.15, -0.1) is 22.0 Å². The molecular weight excluding hydrogens is 429 g/mol. The first-order chi connectivity index (χ1) is 12.8. The fraction of sp³-hybridized carbons (Fsp3) is 0.176. The van der Waals surface area contributed by atoms with Crippen molar-refractivity contribution in [2.24, 2.45) is 0 Å². The molecule has 1 N–H and O–H groups in total. The molecule has 142 valence electrons. The van der Waals surface area contributed by atoms with Crippen LogP contribution in [0.5, 0.6) is 0 Å². The molecule has 2 aromatic carbocycles. The molecule has 10 heteroatoms. The van der Waals surface area contributed by atoms with Crippen LogP contribution in [-0.4, -0.2) is 18.6 Å². The van der Waals surface area contributed by atoms with Crippen molar-refractivity contribution in [1.29, 1.82) is 0 Å². The highest BCUT2D eigenvalue weighted by Gasteiger charge is 2.20. The third-order valence-electron chi connectivity index (χ3n) is 3.60. The quantitative estimate of drug-likeness (QED) is 0.563. The zero-order valence-corrected chi connectivity index (χ0v) is 17.4. The van der Waals surface area contributed by atoms with Crippen LogP contribution in [0.25, 0.3) is 0 Å². The van der Waals surface area contributed by atoms with E-state index in [1.807, 2.05) is 0 Å². The van der Waals surface area contributed by atoms with Gasteiger partial charge in [-0.05, 0) is 42.3 Å². The Labute approximate surface area is 170 Å². The van der Waals surface area contributed by atoms with Crippen LogP contribution in [0.3, 0.4) is 0 Å². The second-order valence-corrected chi connectivity index (χ2v) is 9.69. The average molecular weight is 444 g/mol. The molecule has 0 aliphatic rings. The molecule has 0 spiro atoms. The summed E-state index contributed by atoms with van der Waals surface area (Å²) >= 11 is 8.77. The van der Waals surface area contributed by atoms with Crippen LogP contribution >= 0.6 is 34.7 Å². The molecule has 1 aromatic heterocycles. The van der Waals surface area contributed by atoms with Gasteiger partial charge < -0.3 is 0 Å². The second kappa shape index (κ2) is 8.55. The molecule has 3 aromatic rings. The summed E-state index contributed by atoms with van der Waals surface area (Å²) in [5.74, 6) is 1.01. The highest BCUT2D eigenvalue weighted by molar-refractivity contribution is 7.97. The smallest absolute Gasteiger partial charge is 0.253 e. The summed E-state index contributed by atoms with van der Waals surface area (Å²) in [7, 11) is -3.79. The number of sulfonamides is 1. The molecule has 0 amide bonds. The first-order valence-electron chi connectivity index (χ1n) is 7.77. The van der Waals surface area contributed by atoms with E-state index in [0.717, 1.165) is 5.56 Å². The fourth-order valence-corrected chi connectivity index (χ4v) is 5.75. The summed E-state index contributed by atoms with van der Waals surface area (Å²) in [4.78, 5) is 0.109. The highest BCUT2D eigenvalue weighted by atomic mass is 35.5. The normalized spacial score (nSPS) is 11.5. The van der Waals surface area contributed by atoms with E-state index in [0.29, 0.717) is 27.1 Å². The number of rotatable bonds is 7. The Balaban J connectivity index is 1.62. The van der Waals surface area contributed by atoms with E-state index < -0.39 is 10.0 Å². The molecule has 0 fully saturated rings. The molecule has 3 rings (SSSR count). The molecule has 0 bridgehead atoms. The number of halogens is 2. The molecule has 5 nitrogen and oxygen atoms in total. The van der Waals surface area contributed by atoms with Gasteiger partial charge in [0.2, 0.25) is 5.13 Å². The van der Waals surface area contributed by atoms with Gasteiger partial charge in [0.15, 0.2) is 0 Å². The third-order valence-corrected chi connectivity index (χ3v) is 7.66. The molecule has 0 saturated carbocycles. The van der Waals surface area contributed by atoms with Crippen molar-refractivity contribution in [3.8, 4) is 0 Å². The summed E-state index contributed by atoms with van der Waals surface area (Å²) in [5.41, 5.74) is 1.48. The predicted molar refractivity (Wildman–Crippen MR) is 108 cm³/mol. The molecule has 27 heavy (non-hydrogen) atoms. The lowest BCUT2D eigenvalue weighted by atomic mass is 10.2. The summed E-state index contributed by atoms with van der Waals surface area (Å²) in [6.07, 6.45) is 0. The van der Waals surface area contributed by atoms with Crippen molar-refractivity contribution < 1.29 is 12.8 Å². The van der Waals surface area contributed by atoms with Gasteiger partial charge in [-0.25, -0.2) is 12.8 Å². The topological polar surface area (TPSA) is 72.0 Å². The predicted octanol–water partition coefficient (Wildman–Crippen LogP) is 4.87. The van der Waals surface area contributed by atoms with Crippen molar-refractivity contribution in [3.05, 3.63) is 69.4 Å². The third kappa shape index (κ3) is 5.19. The first-order valence-corrected chi connectivity index (χ1v) is 11.6. The lowest BCUT2D eigenvalue weighted by molar-refractivity contribution is 0.600. The van der Waals surface area contributed by atoms with Crippen LogP contribution in [0, 0.1) is 12.7 Å². The van der Waals surface area contributed by atoms with Crippen molar-refractivity contribution in [3.63, 3.8) is 0 Å². The summed E-state index contributed by atoms with van der Waals surface area (Å²) in [5, 5.41) is 9.19. The number of nitrogens with one attached hydrogen (secondary N) is 1. The van der Waals surface area contributed by atoms with Crippen molar-refractivity contribution in [2.45, 2.75) is 23.3 Å². The number of hydrogen-bond acceptors (Lipinski definition) is 6. The van der Waals surface area contributed by atoms with E-state index in [1.165, 1.54) is 29.5 Å². The number of nitrogens with zero attached hydrogens (tertiary/aromatic N) is 2. The maximum atomic E-state index is 12.9. The van der Waals surface area contributed by atoms with E-state index in [4.69, 9.17) is 11.6 Å². The lowest BCUT2D eigenvalue weighted by Crippen LogP contribution is -2.14. The minimum Gasteiger partial charge on any atom is -0.253 e. The molecule has 0 radical (unpaired) electrons. The zero-order chi connectivity index (χ0) is 19.4. The van der Waals surface area contributed by atoms with E-state index in [1.54, 1.807) is 43.0 Å². The van der Waals surface area contributed by atoms with E-state index >= 15 is 0 Å². The van der Waals surface area contributed by atoms with Gasteiger partial charge in [0, 0.05) is 16.5 Å².